The Bertz CT molecular complexity index is 588. The highest BCUT2D eigenvalue weighted by atomic mass is 79.9. The van der Waals surface area contributed by atoms with Crippen LogP contribution in [0.3, 0.4) is 0 Å². The summed E-state index contributed by atoms with van der Waals surface area (Å²) >= 11 is 3.53. The van der Waals surface area contributed by atoms with Crippen LogP contribution in [-0.4, -0.2) is 28.5 Å². The molecular weight excluding hydrogens is 328 g/mol. The van der Waals surface area contributed by atoms with Crippen molar-refractivity contribution in [3.05, 3.63) is 39.8 Å². The van der Waals surface area contributed by atoms with Crippen molar-refractivity contribution in [2.45, 2.75) is 33.1 Å². The SMILES string of the molecule is CCc1nc(-c2ncccc2Br)nc(CC)c1CCNC. The van der Waals surface area contributed by atoms with Crippen LogP contribution < -0.4 is 5.32 Å². The zero-order valence-electron chi connectivity index (χ0n) is 12.8. The lowest BCUT2D eigenvalue weighted by molar-refractivity contribution is 0.760. The van der Waals surface area contributed by atoms with Crippen LogP contribution in [0.1, 0.15) is 30.8 Å². The number of aromatic nitrogens is 3. The molecule has 0 aliphatic heterocycles. The second kappa shape index (κ2) is 7.61. The monoisotopic (exact) mass is 348 g/mol. The Morgan fingerprint density at radius 2 is 1.81 bits per heavy atom. The fourth-order valence-corrected chi connectivity index (χ4v) is 2.79. The predicted octanol–water partition coefficient (Wildman–Crippen LogP) is 3.19. The van der Waals surface area contributed by atoms with Crippen LogP contribution in [0.25, 0.3) is 11.5 Å². The van der Waals surface area contributed by atoms with E-state index in [2.05, 4.69) is 40.1 Å². The van der Waals surface area contributed by atoms with E-state index in [1.807, 2.05) is 19.2 Å². The molecule has 2 rings (SSSR count). The second-order valence-corrected chi connectivity index (χ2v) is 5.67. The molecule has 0 radical (unpaired) electrons. The summed E-state index contributed by atoms with van der Waals surface area (Å²) in [7, 11) is 1.97. The highest BCUT2D eigenvalue weighted by Gasteiger charge is 2.15. The second-order valence-electron chi connectivity index (χ2n) is 4.81. The zero-order chi connectivity index (χ0) is 15.2. The van der Waals surface area contributed by atoms with E-state index in [-0.39, 0.29) is 0 Å². The largest absolute Gasteiger partial charge is 0.319 e. The van der Waals surface area contributed by atoms with Crippen molar-refractivity contribution < 1.29 is 0 Å². The maximum absolute atomic E-state index is 4.75. The molecular formula is C16H21BrN4. The Labute approximate surface area is 134 Å². The Kier molecular flexibility index (Phi) is 5.82. The first-order chi connectivity index (χ1) is 10.2. The molecule has 5 heteroatoms. The Morgan fingerprint density at radius 1 is 1.14 bits per heavy atom. The molecule has 0 unspecified atom stereocenters. The molecule has 2 aromatic heterocycles. The first kappa shape index (κ1) is 16.0. The van der Waals surface area contributed by atoms with Gasteiger partial charge in [0.15, 0.2) is 5.82 Å². The Morgan fingerprint density at radius 3 is 2.33 bits per heavy atom. The smallest absolute Gasteiger partial charge is 0.179 e. The van der Waals surface area contributed by atoms with Crippen LogP contribution in [0.2, 0.25) is 0 Å². The number of aryl methyl sites for hydroxylation is 2. The molecule has 21 heavy (non-hydrogen) atoms. The molecule has 0 aliphatic carbocycles. The van der Waals surface area contributed by atoms with Gasteiger partial charge in [0, 0.05) is 22.1 Å². The van der Waals surface area contributed by atoms with Crippen LogP contribution in [-0.2, 0) is 19.3 Å². The van der Waals surface area contributed by atoms with Gasteiger partial charge in [-0.3, -0.25) is 4.98 Å². The van der Waals surface area contributed by atoms with Crippen molar-refractivity contribution in [3.8, 4) is 11.5 Å². The maximum Gasteiger partial charge on any atom is 0.179 e. The van der Waals surface area contributed by atoms with E-state index in [1.54, 1.807) is 6.20 Å². The summed E-state index contributed by atoms with van der Waals surface area (Å²) in [4.78, 5) is 13.9. The van der Waals surface area contributed by atoms with Gasteiger partial charge in [0.25, 0.3) is 0 Å². The molecule has 0 amide bonds. The molecule has 1 N–H and O–H groups in total. The van der Waals surface area contributed by atoms with E-state index >= 15 is 0 Å². The lowest BCUT2D eigenvalue weighted by Gasteiger charge is -2.14. The molecule has 0 atom stereocenters. The Hall–Kier alpha value is -1.33. The minimum atomic E-state index is 0.712. The zero-order valence-corrected chi connectivity index (χ0v) is 14.4. The van der Waals surface area contributed by atoms with Crippen LogP contribution >= 0.6 is 15.9 Å². The molecule has 2 aromatic rings. The minimum absolute atomic E-state index is 0.712. The van der Waals surface area contributed by atoms with Gasteiger partial charge in [-0.25, -0.2) is 9.97 Å². The van der Waals surface area contributed by atoms with Gasteiger partial charge in [0.05, 0.1) is 0 Å². The highest BCUT2D eigenvalue weighted by Crippen LogP contribution is 2.25. The molecule has 0 spiro atoms. The molecule has 0 aliphatic rings. The van der Waals surface area contributed by atoms with Crippen LogP contribution in [0.4, 0.5) is 0 Å². The number of hydrogen-bond acceptors (Lipinski definition) is 4. The van der Waals surface area contributed by atoms with Gasteiger partial charge in [-0.05, 0) is 66.5 Å². The fraction of sp³-hybridized carbons (Fsp3) is 0.438. The van der Waals surface area contributed by atoms with Gasteiger partial charge in [0.1, 0.15) is 5.69 Å². The molecule has 0 fully saturated rings. The topological polar surface area (TPSA) is 50.7 Å². The number of nitrogens with zero attached hydrogens (tertiary/aromatic N) is 3. The predicted molar refractivity (Wildman–Crippen MR) is 89.3 cm³/mol. The van der Waals surface area contributed by atoms with Crippen LogP contribution in [0.5, 0.6) is 0 Å². The number of hydrogen-bond donors (Lipinski definition) is 1. The van der Waals surface area contributed by atoms with Gasteiger partial charge in [-0.1, -0.05) is 13.8 Å². The number of pyridine rings is 1. The number of halogens is 1. The fourth-order valence-electron chi connectivity index (χ4n) is 2.36. The van der Waals surface area contributed by atoms with E-state index < -0.39 is 0 Å². The van der Waals surface area contributed by atoms with Crippen molar-refractivity contribution in [1.29, 1.82) is 0 Å². The molecule has 2 heterocycles. The van der Waals surface area contributed by atoms with Crippen LogP contribution in [0, 0.1) is 0 Å². The maximum atomic E-state index is 4.75. The van der Waals surface area contributed by atoms with E-state index in [4.69, 9.17) is 9.97 Å². The van der Waals surface area contributed by atoms with Gasteiger partial charge >= 0.3 is 0 Å². The number of likely N-dealkylation sites (N-methyl/N-ethyl adjacent to an activating group) is 1. The third-order valence-electron chi connectivity index (χ3n) is 3.44. The quantitative estimate of drug-likeness (QED) is 0.870. The van der Waals surface area contributed by atoms with Crippen molar-refractivity contribution in [3.63, 3.8) is 0 Å². The van der Waals surface area contributed by atoms with Gasteiger partial charge in [-0.15, -0.1) is 0 Å². The van der Waals surface area contributed by atoms with Gasteiger partial charge in [0.2, 0.25) is 0 Å². The highest BCUT2D eigenvalue weighted by molar-refractivity contribution is 9.10. The van der Waals surface area contributed by atoms with Gasteiger partial charge in [-0.2, -0.15) is 0 Å². The number of nitrogens with one attached hydrogen (secondary N) is 1. The molecule has 112 valence electrons. The lowest BCUT2D eigenvalue weighted by atomic mass is 10.0. The first-order valence-electron chi connectivity index (χ1n) is 7.35. The van der Waals surface area contributed by atoms with Crippen molar-refractivity contribution in [1.82, 2.24) is 20.3 Å². The third kappa shape index (κ3) is 3.66. The molecule has 0 bridgehead atoms. The summed E-state index contributed by atoms with van der Waals surface area (Å²) in [5, 5.41) is 3.20. The molecule has 4 nitrogen and oxygen atoms in total. The summed E-state index contributed by atoms with van der Waals surface area (Å²) in [6.07, 6.45) is 4.56. The first-order valence-corrected chi connectivity index (χ1v) is 8.14. The van der Waals surface area contributed by atoms with E-state index in [0.29, 0.717) is 5.82 Å². The third-order valence-corrected chi connectivity index (χ3v) is 4.08. The van der Waals surface area contributed by atoms with Crippen molar-refractivity contribution in [2.24, 2.45) is 0 Å². The summed E-state index contributed by atoms with van der Waals surface area (Å²) in [5.74, 6) is 0.712. The van der Waals surface area contributed by atoms with E-state index in [1.165, 1.54) is 5.56 Å². The summed E-state index contributed by atoms with van der Waals surface area (Å²) in [6, 6.07) is 3.87. The summed E-state index contributed by atoms with van der Waals surface area (Å²) in [5.41, 5.74) is 4.35. The van der Waals surface area contributed by atoms with E-state index in [9.17, 15) is 0 Å². The summed E-state index contributed by atoms with van der Waals surface area (Å²) in [6.45, 7) is 5.22. The average Bonchev–Trinajstić information content (AvgIpc) is 2.52. The molecule has 0 saturated heterocycles. The van der Waals surface area contributed by atoms with Crippen molar-refractivity contribution in [2.75, 3.05) is 13.6 Å². The summed E-state index contributed by atoms with van der Waals surface area (Å²) < 4.78 is 0.928. The van der Waals surface area contributed by atoms with E-state index in [0.717, 1.165) is 47.4 Å². The van der Waals surface area contributed by atoms with Gasteiger partial charge < -0.3 is 5.32 Å². The van der Waals surface area contributed by atoms with Crippen LogP contribution in [0.15, 0.2) is 22.8 Å². The number of rotatable bonds is 6. The standard InChI is InChI=1S/C16H21BrN4/c1-4-13-11(8-10-18-3)14(5-2)21-16(20-13)15-12(17)7-6-9-19-15/h6-7,9,18H,4-5,8,10H2,1-3H3. The van der Waals surface area contributed by atoms with Crippen molar-refractivity contribution >= 4 is 15.9 Å². The molecule has 0 saturated carbocycles. The Balaban J connectivity index is 2.52. The molecule has 0 aromatic carbocycles. The lowest BCUT2D eigenvalue weighted by Crippen LogP contribution is -2.15. The average molecular weight is 349 g/mol. The minimum Gasteiger partial charge on any atom is -0.319 e. The normalized spacial score (nSPS) is 10.9.